The van der Waals surface area contributed by atoms with E-state index in [0.29, 0.717) is 17.3 Å². The lowest BCUT2D eigenvalue weighted by Crippen LogP contribution is -2.22. The summed E-state index contributed by atoms with van der Waals surface area (Å²) in [6.07, 6.45) is 0. The van der Waals surface area contributed by atoms with Gasteiger partial charge in [-0.2, -0.15) is 11.3 Å². The van der Waals surface area contributed by atoms with E-state index in [1.165, 1.54) is 11.3 Å². The van der Waals surface area contributed by atoms with E-state index in [4.69, 9.17) is 0 Å². The van der Waals surface area contributed by atoms with Crippen molar-refractivity contribution in [2.24, 2.45) is 0 Å². The van der Waals surface area contributed by atoms with Gasteiger partial charge in [0.15, 0.2) is 0 Å². The molecular weight excluding hydrogens is 288 g/mol. The van der Waals surface area contributed by atoms with Crippen molar-refractivity contribution in [3.63, 3.8) is 0 Å². The van der Waals surface area contributed by atoms with Gasteiger partial charge in [-0.3, -0.25) is 0 Å². The first-order chi connectivity index (χ1) is 8.62. The molecule has 0 aliphatic rings. The molecule has 0 amide bonds. The van der Waals surface area contributed by atoms with Crippen LogP contribution in [-0.4, -0.2) is 15.5 Å². The minimum absolute atomic E-state index is 0.338. The Morgan fingerprint density at radius 2 is 2.06 bits per heavy atom. The van der Waals surface area contributed by atoms with Crippen LogP contribution in [-0.2, 0) is 23.1 Å². The highest BCUT2D eigenvalue weighted by molar-refractivity contribution is 7.91. The summed E-state index contributed by atoms with van der Waals surface area (Å²) in [5.74, 6) is 0. The fourth-order valence-corrected chi connectivity index (χ4v) is 4.51. The highest BCUT2D eigenvalue weighted by Gasteiger charge is 2.16. The maximum Gasteiger partial charge on any atom is 0.250 e. The monoisotopic (exact) mass is 302 g/mol. The van der Waals surface area contributed by atoms with Gasteiger partial charge >= 0.3 is 0 Å². The van der Waals surface area contributed by atoms with Crippen molar-refractivity contribution in [3.8, 4) is 0 Å². The van der Waals surface area contributed by atoms with E-state index in [-0.39, 0.29) is 0 Å². The van der Waals surface area contributed by atoms with Crippen molar-refractivity contribution in [2.45, 2.75) is 17.3 Å². The zero-order valence-electron chi connectivity index (χ0n) is 9.84. The second-order valence-electron chi connectivity index (χ2n) is 3.71. The molecule has 0 unspecified atom stereocenters. The van der Waals surface area contributed by atoms with Crippen LogP contribution in [0.3, 0.4) is 0 Å². The van der Waals surface area contributed by atoms with Crippen molar-refractivity contribution in [1.82, 2.24) is 10.0 Å². The minimum atomic E-state index is -3.39. The summed E-state index contributed by atoms with van der Waals surface area (Å²) in [6, 6.07) is 5.39. The molecule has 0 aliphatic carbocycles. The second kappa shape index (κ2) is 5.94. The van der Waals surface area contributed by atoms with Gasteiger partial charge < -0.3 is 5.32 Å². The number of nitrogens with one attached hydrogen (secondary N) is 2. The molecule has 98 valence electrons. The number of sulfonamides is 1. The third-order valence-corrected chi connectivity index (χ3v) is 6.01. The molecule has 0 spiro atoms. The van der Waals surface area contributed by atoms with Crippen LogP contribution in [0.5, 0.6) is 0 Å². The Kier molecular flexibility index (Phi) is 4.52. The van der Waals surface area contributed by atoms with E-state index in [1.54, 1.807) is 17.4 Å². The smallest absolute Gasteiger partial charge is 0.250 e. The van der Waals surface area contributed by atoms with E-state index >= 15 is 0 Å². The third-order valence-electron chi connectivity index (χ3n) is 2.30. The van der Waals surface area contributed by atoms with Crippen LogP contribution in [0.1, 0.15) is 10.4 Å². The molecule has 2 heterocycles. The van der Waals surface area contributed by atoms with Crippen LogP contribution in [0.2, 0.25) is 0 Å². The summed E-state index contributed by atoms with van der Waals surface area (Å²) in [6.45, 7) is 1.02. The molecule has 0 aliphatic heterocycles. The van der Waals surface area contributed by atoms with Gasteiger partial charge in [-0.1, -0.05) is 0 Å². The summed E-state index contributed by atoms with van der Waals surface area (Å²) in [5.41, 5.74) is 0.982. The Balaban J connectivity index is 2.05. The quantitative estimate of drug-likeness (QED) is 0.858. The second-order valence-corrected chi connectivity index (χ2v) is 7.65. The van der Waals surface area contributed by atoms with E-state index in [0.717, 1.165) is 10.4 Å². The summed E-state index contributed by atoms with van der Waals surface area (Å²) >= 11 is 2.85. The molecule has 18 heavy (non-hydrogen) atoms. The van der Waals surface area contributed by atoms with Crippen molar-refractivity contribution >= 4 is 32.7 Å². The normalized spacial score (nSPS) is 11.8. The molecule has 7 heteroatoms. The van der Waals surface area contributed by atoms with Crippen molar-refractivity contribution in [1.29, 1.82) is 0 Å². The lowest BCUT2D eigenvalue weighted by atomic mass is 10.4. The zero-order valence-corrected chi connectivity index (χ0v) is 12.3. The minimum Gasteiger partial charge on any atom is -0.315 e. The number of hydrogen-bond donors (Lipinski definition) is 2. The van der Waals surface area contributed by atoms with Crippen LogP contribution in [0.4, 0.5) is 0 Å². The van der Waals surface area contributed by atoms with Crippen molar-refractivity contribution < 1.29 is 8.42 Å². The molecule has 0 aromatic carbocycles. The summed E-state index contributed by atoms with van der Waals surface area (Å²) in [5, 5.41) is 6.86. The average molecular weight is 302 g/mol. The van der Waals surface area contributed by atoms with E-state index < -0.39 is 10.0 Å². The molecule has 0 atom stereocenters. The lowest BCUT2D eigenvalue weighted by molar-refractivity contribution is 0.583. The molecule has 2 rings (SSSR count). The standard InChI is InChI=1S/C11H14N2O2S3/c1-12-7-10-2-3-11(17-10)18(14,15)13-6-9-4-5-16-8-9/h2-5,8,12-13H,6-7H2,1H3. The topological polar surface area (TPSA) is 58.2 Å². The average Bonchev–Trinajstić information content (AvgIpc) is 2.98. The summed E-state index contributed by atoms with van der Waals surface area (Å²) in [4.78, 5) is 1.01. The van der Waals surface area contributed by atoms with Crippen molar-refractivity contribution in [3.05, 3.63) is 39.4 Å². The maximum atomic E-state index is 12.0. The van der Waals surface area contributed by atoms with Crippen LogP contribution >= 0.6 is 22.7 Å². The predicted octanol–water partition coefficient (Wildman–Crippen LogP) is 2.01. The Bertz CT molecular complexity index is 588. The van der Waals surface area contributed by atoms with Crippen LogP contribution in [0, 0.1) is 0 Å². The molecular formula is C11H14N2O2S3. The Hall–Kier alpha value is -0.730. The van der Waals surface area contributed by atoms with Crippen LogP contribution in [0.15, 0.2) is 33.2 Å². The van der Waals surface area contributed by atoms with Crippen LogP contribution in [0.25, 0.3) is 0 Å². The fourth-order valence-electron chi connectivity index (χ4n) is 1.41. The van der Waals surface area contributed by atoms with Gasteiger partial charge in [0, 0.05) is 18.0 Å². The predicted molar refractivity (Wildman–Crippen MR) is 75.4 cm³/mol. The van der Waals surface area contributed by atoms with Gasteiger partial charge in [0.05, 0.1) is 0 Å². The first-order valence-electron chi connectivity index (χ1n) is 5.36. The molecule has 2 aromatic heterocycles. The molecule has 0 saturated carbocycles. The van der Waals surface area contributed by atoms with Gasteiger partial charge in [0.25, 0.3) is 0 Å². The third kappa shape index (κ3) is 3.39. The van der Waals surface area contributed by atoms with Gasteiger partial charge in [-0.15, -0.1) is 11.3 Å². The largest absolute Gasteiger partial charge is 0.315 e. The number of thiophene rings is 2. The van der Waals surface area contributed by atoms with Gasteiger partial charge in [-0.05, 0) is 41.6 Å². The van der Waals surface area contributed by atoms with E-state index in [1.807, 2.05) is 29.9 Å². The molecule has 0 bridgehead atoms. The fraction of sp³-hybridized carbons (Fsp3) is 0.273. The molecule has 2 aromatic rings. The summed E-state index contributed by atoms with van der Waals surface area (Å²) < 4.78 is 27.0. The van der Waals surface area contributed by atoms with Gasteiger partial charge in [0.1, 0.15) is 4.21 Å². The molecule has 0 saturated heterocycles. The molecule has 4 nitrogen and oxygen atoms in total. The van der Waals surface area contributed by atoms with E-state index in [9.17, 15) is 8.42 Å². The number of rotatable bonds is 6. The van der Waals surface area contributed by atoms with Crippen molar-refractivity contribution in [2.75, 3.05) is 7.05 Å². The molecule has 2 N–H and O–H groups in total. The first-order valence-corrected chi connectivity index (χ1v) is 8.60. The highest BCUT2D eigenvalue weighted by Crippen LogP contribution is 2.21. The SMILES string of the molecule is CNCc1ccc(S(=O)(=O)NCc2ccsc2)s1. The maximum absolute atomic E-state index is 12.0. The first kappa shape index (κ1) is 13.7. The summed E-state index contributed by atoms with van der Waals surface area (Å²) in [7, 11) is -1.55. The lowest BCUT2D eigenvalue weighted by Gasteiger charge is -2.02. The van der Waals surface area contributed by atoms with Crippen LogP contribution < -0.4 is 10.0 Å². The highest BCUT2D eigenvalue weighted by atomic mass is 32.2. The molecule has 0 fully saturated rings. The van der Waals surface area contributed by atoms with Gasteiger partial charge in [-0.25, -0.2) is 13.1 Å². The Morgan fingerprint density at radius 3 is 2.72 bits per heavy atom. The zero-order chi connectivity index (χ0) is 13.0. The molecule has 0 radical (unpaired) electrons. The number of hydrogen-bond acceptors (Lipinski definition) is 5. The Labute approximate surface area is 115 Å². The van der Waals surface area contributed by atoms with Gasteiger partial charge in [0.2, 0.25) is 10.0 Å². The van der Waals surface area contributed by atoms with E-state index in [2.05, 4.69) is 10.0 Å². The Morgan fingerprint density at radius 1 is 1.22 bits per heavy atom.